The third-order valence-corrected chi connectivity index (χ3v) is 3.45. The zero-order valence-corrected chi connectivity index (χ0v) is 13.2. The average Bonchev–Trinajstić information content (AvgIpc) is 2.52. The van der Waals surface area contributed by atoms with Crippen LogP contribution in [0.4, 0.5) is 10.2 Å². The maximum Gasteiger partial charge on any atom is 0.199 e. The van der Waals surface area contributed by atoms with Crippen molar-refractivity contribution in [1.29, 1.82) is 0 Å². The number of nitrogens with zero attached hydrogens (tertiary/aromatic N) is 3. The molecule has 2 rings (SSSR count). The molecule has 124 valence electrons. The van der Waals surface area contributed by atoms with E-state index >= 15 is 0 Å². The number of hydrogen-bond acceptors (Lipinski definition) is 6. The fourth-order valence-corrected chi connectivity index (χ4v) is 2.22. The number of halogens is 2. The van der Waals surface area contributed by atoms with Crippen LogP contribution >= 0.6 is 11.6 Å². The van der Waals surface area contributed by atoms with Gasteiger partial charge in [0.25, 0.3) is 0 Å². The summed E-state index contributed by atoms with van der Waals surface area (Å²) in [7, 11) is 0. The van der Waals surface area contributed by atoms with Gasteiger partial charge in [0.05, 0.1) is 0 Å². The van der Waals surface area contributed by atoms with Crippen molar-refractivity contribution >= 4 is 17.4 Å². The number of hydrogen-bond donors (Lipinski definition) is 2. The van der Waals surface area contributed by atoms with Gasteiger partial charge in [-0.05, 0) is 17.7 Å². The summed E-state index contributed by atoms with van der Waals surface area (Å²) < 4.78 is 18.2. The molecule has 1 aromatic carbocycles. The smallest absolute Gasteiger partial charge is 0.199 e. The standard InChI is InChI=1S/C15H18ClFN4O2/c16-14-13(15(18)20-10-19-14)23-8-7-21(6-5-17)9-11-1-3-12(22)4-2-11/h1-4,10,22H,5-9H2,(H2,18,19,20). The highest BCUT2D eigenvalue weighted by Crippen LogP contribution is 2.26. The molecule has 0 aliphatic heterocycles. The first kappa shape index (κ1) is 17.2. The Morgan fingerprint density at radius 2 is 1.96 bits per heavy atom. The number of phenols is 1. The van der Waals surface area contributed by atoms with Crippen LogP contribution in [-0.2, 0) is 6.54 Å². The van der Waals surface area contributed by atoms with E-state index < -0.39 is 6.67 Å². The van der Waals surface area contributed by atoms with E-state index in [9.17, 15) is 9.50 Å². The highest BCUT2D eigenvalue weighted by Gasteiger charge is 2.11. The largest absolute Gasteiger partial charge is 0.508 e. The molecule has 1 heterocycles. The zero-order valence-electron chi connectivity index (χ0n) is 12.5. The minimum absolute atomic E-state index is 0.146. The van der Waals surface area contributed by atoms with Gasteiger partial charge in [0.2, 0.25) is 0 Å². The van der Waals surface area contributed by atoms with Gasteiger partial charge in [-0.2, -0.15) is 0 Å². The van der Waals surface area contributed by atoms with Crippen molar-refractivity contribution in [2.75, 3.05) is 32.1 Å². The van der Waals surface area contributed by atoms with Crippen molar-refractivity contribution in [1.82, 2.24) is 14.9 Å². The molecular formula is C15H18ClFN4O2. The number of nitrogen functional groups attached to an aromatic ring is 1. The topological polar surface area (TPSA) is 84.5 Å². The third-order valence-electron chi connectivity index (χ3n) is 3.19. The van der Waals surface area contributed by atoms with Gasteiger partial charge < -0.3 is 15.6 Å². The fourth-order valence-electron chi connectivity index (χ4n) is 2.02. The van der Waals surface area contributed by atoms with E-state index in [1.807, 2.05) is 4.90 Å². The van der Waals surface area contributed by atoms with Gasteiger partial charge in [0, 0.05) is 19.6 Å². The normalized spacial score (nSPS) is 10.9. The van der Waals surface area contributed by atoms with Crippen molar-refractivity contribution < 1.29 is 14.2 Å². The molecule has 0 aliphatic carbocycles. The SMILES string of the molecule is Nc1ncnc(Cl)c1OCCN(CCF)Cc1ccc(O)cc1. The molecule has 8 heteroatoms. The van der Waals surface area contributed by atoms with Crippen LogP contribution in [0.5, 0.6) is 11.5 Å². The zero-order chi connectivity index (χ0) is 16.7. The number of aromatic hydroxyl groups is 1. The van der Waals surface area contributed by atoms with Gasteiger partial charge in [0.1, 0.15) is 25.4 Å². The monoisotopic (exact) mass is 340 g/mol. The van der Waals surface area contributed by atoms with Crippen LogP contribution in [0.3, 0.4) is 0 Å². The second-order valence-corrected chi connectivity index (χ2v) is 5.22. The predicted molar refractivity (Wildman–Crippen MR) is 86.3 cm³/mol. The van der Waals surface area contributed by atoms with E-state index in [4.69, 9.17) is 22.1 Å². The van der Waals surface area contributed by atoms with Crippen molar-refractivity contribution in [2.45, 2.75) is 6.54 Å². The molecule has 0 saturated carbocycles. The molecular weight excluding hydrogens is 323 g/mol. The van der Waals surface area contributed by atoms with E-state index in [1.165, 1.54) is 6.33 Å². The van der Waals surface area contributed by atoms with Gasteiger partial charge in [-0.15, -0.1) is 0 Å². The highest BCUT2D eigenvalue weighted by molar-refractivity contribution is 6.31. The molecule has 6 nitrogen and oxygen atoms in total. The lowest BCUT2D eigenvalue weighted by Gasteiger charge is -2.21. The Labute approximate surface area is 138 Å². The maximum atomic E-state index is 12.7. The number of phenolic OH excluding ortho intramolecular Hbond substituents is 1. The third kappa shape index (κ3) is 5.22. The Balaban J connectivity index is 1.90. The minimum atomic E-state index is -0.463. The number of nitrogens with two attached hydrogens (primary N) is 1. The van der Waals surface area contributed by atoms with Gasteiger partial charge in [-0.1, -0.05) is 23.7 Å². The van der Waals surface area contributed by atoms with Gasteiger partial charge >= 0.3 is 0 Å². The van der Waals surface area contributed by atoms with E-state index in [1.54, 1.807) is 24.3 Å². The Morgan fingerprint density at radius 3 is 2.61 bits per heavy atom. The quantitative estimate of drug-likeness (QED) is 0.717. The molecule has 0 unspecified atom stereocenters. The van der Waals surface area contributed by atoms with Crippen LogP contribution in [0.1, 0.15) is 5.56 Å². The summed E-state index contributed by atoms with van der Waals surface area (Å²) in [6.45, 7) is 1.11. The number of benzene rings is 1. The molecule has 0 spiro atoms. The molecule has 1 aromatic heterocycles. The molecule has 23 heavy (non-hydrogen) atoms. The summed E-state index contributed by atoms with van der Waals surface area (Å²) in [6, 6.07) is 6.78. The summed E-state index contributed by atoms with van der Waals surface area (Å²) >= 11 is 5.90. The Morgan fingerprint density at radius 1 is 1.22 bits per heavy atom. The number of ether oxygens (including phenoxy) is 1. The molecule has 0 amide bonds. The Bertz CT molecular complexity index is 607. The van der Waals surface area contributed by atoms with Crippen LogP contribution in [-0.4, -0.2) is 46.3 Å². The predicted octanol–water partition coefficient (Wildman–Crippen LogP) is 2.27. The van der Waals surface area contributed by atoms with Crippen molar-refractivity contribution in [3.8, 4) is 11.5 Å². The van der Waals surface area contributed by atoms with E-state index in [2.05, 4.69) is 9.97 Å². The first-order chi connectivity index (χ1) is 11.1. The summed E-state index contributed by atoms with van der Waals surface area (Å²) in [5, 5.41) is 9.43. The number of rotatable bonds is 8. The van der Waals surface area contributed by atoms with E-state index in [0.717, 1.165) is 5.56 Å². The van der Waals surface area contributed by atoms with E-state index in [-0.39, 0.29) is 35.6 Å². The lowest BCUT2D eigenvalue weighted by atomic mass is 10.2. The Kier molecular flexibility index (Phi) is 6.37. The van der Waals surface area contributed by atoms with Crippen LogP contribution < -0.4 is 10.5 Å². The lowest BCUT2D eigenvalue weighted by molar-refractivity contribution is 0.190. The highest BCUT2D eigenvalue weighted by atomic mass is 35.5. The molecule has 0 saturated heterocycles. The first-order valence-electron chi connectivity index (χ1n) is 7.05. The summed E-state index contributed by atoms with van der Waals surface area (Å²) in [4.78, 5) is 9.50. The summed E-state index contributed by atoms with van der Waals surface area (Å²) in [6.07, 6.45) is 1.25. The van der Waals surface area contributed by atoms with Crippen LogP contribution in [0.15, 0.2) is 30.6 Å². The second kappa shape index (κ2) is 8.50. The number of aromatic nitrogens is 2. The first-order valence-corrected chi connectivity index (χ1v) is 7.43. The minimum Gasteiger partial charge on any atom is -0.508 e. The van der Waals surface area contributed by atoms with Crippen molar-refractivity contribution in [3.63, 3.8) is 0 Å². The molecule has 0 radical (unpaired) electrons. The summed E-state index contributed by atoms with van der Waals surface area (Å²) in [5.41, 5.74) is 6.65. The molecule has 2 aromatic rings. The van der Waals surface area contributed by atoms with Crippen molar-refractivity contribution in [3.05, 3.63) is 41.3 Å². The molecule has 0 atom stereocenters. The van der Waals surface area contributed by atoms with E-state index in [0.29, 0.717) is 13.1 Å². The van der Waals surface area contributed by atoms with Gasteiger partial charge in [-0.3, -0.25) is 4.90 Å². The lowest BCUT2D eigenvalue weighted by Crippen LogP contribution is -2.30. The number of anilines is 1. The summed E-state index contributed by atoms with van der Waals surface area (Å²) in [5.74, 6) is 0.600. The molecule has 3 N–H and O–H groups in total. The second-order valence-electron chi connectivity index (χ2n) is 4.86. The van der Waals surface area contributed by atoms with Crippen LogP contribution in [0, 0.1) is 0 Å². The van der Waals surface area contributed by atoms with Crippen LogP contribution in [0.25, 0.3) is 0 Å². The van der Waals surface area contributed by atoms with Gasteiger partial charge in [-0.25, -0.2) is 14.4 Å². The average molecular weight is 341 g/mol. The molecule has 0 aliphatic rings. The van der Waals surface area contributed by atoms with Crippen LogP contribution in [0.2, 0.25) is 5.15 Å². The Hall–Kier alpha value is -2.12. The molecule has 0 fully saturated rings. The number of alkyl halides is 1. The maximum absolute atomic E-state index is 12.7. The van der Waals surface area contributed by atoms with Gasteiger partial charge in [0.15, 0.2) is 16.7 Å². The van der Waals surface area contributed by atoms with Crippen molar-refractivity contribution in [2.24, 2.45) is 0 Å². The molecule has 0 bridgehead atoms. The fraction of sp³-hybridized carbons (Fsp3) is 0.333.